The number of ether oxygens (including phenoxy) is 1. The Morgan fingerprint density at radius 3 is 1.24 bits per heavy atom. The summed E-state index contributed by atoms with van der Waals surface area (Å²) in [5.74, 6) is -7.44. The van der Waals surface area contributed by atoms with Gasteiger partial charge in [-0.1, -0.05) is 0 Å². The highest BCUT2D eigenvalue weighted by Crippen LogP contribution is 2.58. The van der Waals surface area contributed by atoms with Crippen LogP contribution < -0.4 is 0 Å². The van der Waals surface area contributed by atoms with E-state index in [1.165, 1.54) is 0 Å². The quantitative estimate of drug-likeness (QED) is 0.475. The molecule has 1 N–H and O–H groups in total. The number of aliphatic hydroxyl groups is 1. The monoisotopic (exact) mass is 458 g/mol. The number of halogens is 12. The third-order valence-electron chi connectivity index (χ3n) is 4.90. The maximum Gasteiger partial charge on any atom is 0.437 e. The van der Waals surface area contributed by atoms with Gasteiger partial charge in [-0.15, -0.1) is 0 Å². The van der Waals surface area contributed by atoms with Crippen LogP contribution in [0, 0.1) is 11.8 Å². The Labute approximate surface area is 155 Å². The number of carbonyl (C=O) groups excluding carboxylic acids is 1. The molecule has 0 aliphatic heterocycles. The summed E-state index contributed by atoms with van der Waals surface area (Å²) in [4.78, 5) is 10.9. The number of esters is 1. The standard InChI is InChI=1S/C14H14F12O3/c1-6(27)29-10(13(21,22)23,14(24,25)26)8-4-2-7(3-5-8)9(28,11(15,16)17)12(18,19)20/h7-8,28H,2-5H2,1H3. The Bertz CT molecular complexity index is 565. The second kappa shape index (κ2) is 7.38. The number of hydrogen-bond donors (Lipinski definition) is 1. The van der Waals surface area contributed by atoms with E-state index >= 15 is 0 Å². The lowest BCUT2D eigenvalue weighted by Gasteiger charge is -2.47. The van der Waals surface area contributed by atoms with Crippen LogP contribution in [0.4, 0.5) is 52.7 Å². The SMILES string of the molecule is CC(=O)OC(C1CCC(C(O)(C(F)(F)F)C(F)(F)F)CC1)(C(F)(F)F)C(F)(F)F. The maximum absolute atomic E-state index is 13.3. The minimum atomic E-state index is -6.27. The molecule has 1 rings (SSSR count). The van der Waals surface area contributed by atoms with E-state index in [4.69, 9.17) is 0 Å². The van der Waals surface area contributed by atoms with E-state index in [9.17, 15) is 62.6 Å². The van der Waals surface area contributed by atoms with E-state index in [0.29, 0.717) is 0 Å². The van der Waals surface area contributed by atoms with E-state index < -0.39 is 79.4 Å². The van der Waals surface area contributed by atoms with Crippen molar-refractivity contribution in [2.24, 2.45) is 11.8 Å². The third kappa shape index (κ3) is 4.24. The van der Waals surface area contributed by atoms with Crippen molar-refractivity contribution >= 4 is 5.97 Å². The summed E-state index contributed by atoms with van der Waals surface area (Å²) in [6.45, 7) is 0.240. The van der Waals surface area contributed by atoms with Crippen LogP contribution >= 0.6 is 0 Å². The summed E-state index contributed by atoms with van der Waals surface area (Å²) in [5.41, 5.74) is -10.4. The molecule has 1 aliphatic rings. The van der Waals surface area contributed by atoms with Crippen LogP contribution in [0.3, 0.4) is 0 Å². The van der Waals surface area contributed by atoms with Gasteiger partial charge in [0.15, 0.2) is 0 Å². The fourth-order valence-corrected chi connectivity index (χ4v) is 3.59. The summed E-state index contributed by atoms with van der Waals surface area (Å²) in [7, 11) is 0. The highest BCUT2D eigenvalue weighted by atomic mass is 19.4. The highest BCUT2D eigenvalue weighted by Gasteiger charge is 2.79. The molecule has 1 aliphatic carbocycles. The molecular formula is C14H14F12O3. The molecule has 3 nitrogen and oxygen atoms in total. The normalized spacial score (nSPS) is 23.1. The topological polar surface area (TPSA) is 46.5 Å². The first kappa shape index (κ1) is 25.6. The molecule has 0 amide bonds. The van der Waals surface area contributed by atoms with E-state index in [-0.39, 0.29) is 6.92 Å². The van der Waals surface area contributed by atoms with Crippen molar-refractivity contribution in [3.05, 3.63) is 0 Å². The van der Waals surface area contributed by atoms with Crippen LogP contribution in [0.25, 0.3) is 0 Å². The minimum Gasteiger partial charge on any atom is -0.439 e. The molecule has 0 radical (unpaired) electrons. The van der Waals surface area contributed by atoms with Crippen LogP contribution in [0.1, 0.15) is 32.6 Å². The van der Waals surface area contributed by atoms with Gasteiger partial charge >= 0.3 is 36.3 Å². The zero-order chi connectivity index (χ0) is 23.3. The third-order valence-corrected chi connectivity index (χ3v) is 4.90. The lowest BCUT2D eigenvalue weighted by Crippen LogP contribution is -2.66. The van der Waals surface area contributed by atoms with Crippen molar-refractivity contribution in [1.29, 1.82) is 0 Å². The van der Waals surface area contributed by atoms with Crippen molar-refractivity contribution < 1.29 is 67.3 Å². The molecule has 0 bridgehead atoms. The predicted octanol–water partition coefficient (Wildman–Crippen LogP) is 5.08. The first-order valence-corrected chi connectivity index (χ1v) is 7.81. The molecule has 1 saturated carbocycles. The number of hydrogen-bond acceptors (Lipinski definition) is 3. The van der Waals surface area contributed by atoms with Crippen molar-refractivity contribution in [1.82, 2.24) is 0 Å². The Morgan fingerprint density at radius 2 is 1.00 bits per heavy atom. The van der Waals surface area contributed by atoms with Crippen LogP contribution in [0.2, 0.25) is 0 Å². The van der Waals surface area contributed by atoms with E-state index in [1.54, 1.807) is 0 Å². The van der Waals surface area contributed by atoms with Crippen molar-refractivity contribution in [3.8, 4) is 0 Å². The van der Waals surface area contributed by atoms with Gasteiger partial charge in [0.1, 0.15) is 0 Å². The van der Waals surface area contributed by atoms with E-state index in [1.807, 2.05) is 0 Å². The number of alkyl halides is 12. The molecule has 172 valence electrons. The first-order valence-electron chi connectivity index (χ1n) is 7.81. The Morgan fingerprint density at radius 1 is 0.690 bits per heavy atom. The van der Waals surface area contributed by atoms with E-state index in [0.717, 1.165) is 0 Å². The van der Waals surface area contributed by atoms with Gasteiger partial charge in [-0.25, -0.2) is 0 Å². The molecule has 0 aromatic heterocycles. The molecular weight excluding hydrogens is 444 g/mol. The van der Waals surface area contributed by atoms with E-state index in [2.05, 4.69) is 4.74 Å². The zero-order valence-corrected chi connectivity index (χ0v) is 14.3. The molecule has 0 heterocycles. The fourth-order valence-electron chi connectivity index (χ4n) is 3.59. The van der Waals surface area contributed by atoms with Crippen molar-refractivity contribution in [2.75, 3.05) is 0 Å². The molecule has 0 atom stereocenters. The van der Waals surface area contributed by atoms with Gasteiger partial charge in [-0.3, -0.25) is 4.79 Å². The van der Waals surface area contributed by atoms with Gasteiger partial charge < -0.3 is 9.84 Å². The largest absolute Gasteiger partial charge is 0.439 e. The number of rotatable bonds is 3. The van der Waals surface area contributed by atoms with Gasteiger partial charge in [0.05, 0.1) is 0 Å². The summed E-state index contributed by atoms with van der Waals surface area (Å²) >= 11 is 0. The van der Waals surface area contributed by atoms with Crippen molar-refractivity contribution in [3.63, 3.8) is 0 Å². The van der Waals surface area contributed by atoms with Crippen LogP contribution in [-0.4, -0.2) is 47.0 Å². The Balaban J connectivity index is 3.34. The molecule has 0 spiro atoms. The average Bonchev–Trinajstić information content (AvgIpc) is 2.47. The van der Waals surface area contributed by atoms with Crippen LogP contribution in [0.5, 0.6) is 0 Å². The second-order valence-corrected chi connectivity index (χ2v) is 6.64. The molecule has 0 aromatic rings. The summed E-state index contributed by atoms with van der Waals surface area (Å²) in [5, 5.41) is 9.28. The van der Waals surface area contributed by atoms with Gasteiger partial charge in [-0.2, -0.15) is 52.7 Å². The van der Waals surface area contributed by atoms with Crippen LogP contribution in [-0.2, 0) is 9.53 Å². The van der Waals surface area contributed by atoms with Gasteiger partial charge in [0.2, 0.25) is 0 Å². The van der Waals surface area contributed by atoms with Gasteiger partial charge in [-0.05, 0) is 25.7 Å². The summed E-state index contributed by atoms with van der Waals surface area (Å²) in [6.07, 6.45) is -30.9. The Hall–Kier alpha value is -1.41. The van der Waals surface area contributed by atoms with Gasteiger partial charge in [0, 0.05) is 18.8 Å². The lowest BCUT2D eigenvalue weighted by atomic mass is 9.67. The minimum absolute atomic E-state index is 0.240. The fraction of sp³-hybridized carbons (Fsp3) is 0.929. The molecule has 0 saturated heterocycles. The molecule has 0 aromatic carbocycles. The average molecular weight is 458 g/mol. The highest BCUT2D eigenvalue weighted by molar-refractivity contribution is 5.67. The Kier molecular flexibility index (Phi) is 6.52. The molecule has 15 heteroatoms. The lowest BCUT2D eigenvalue weighted by molar-refractivity contribution is -0.399. The summed E-state index contributed by atoms with van der Waals surface area (Å²) in [6, 6.07) is 0. The number of carbonyl (C=O) groups is 1. The second-order valence-electron chi connectivity index (χ2n) is 6.64. The zero-order valence-electron chi connectivity index (χ0n) is 14.3. The van der Waals surface area contributed by atoms with Gasteiger partial charge in [0.25, 0.3) is 5.60 Å². The summed E-state index contributed by atoms with van der Waals surface area (Å²) < 4.78 is 161. The van der Waals surface area contributed by atoms with Crippen molar-refractivity contribution in [2.45, 2.75) is 68.5 Å². The maximum atomic E-state index is 13.3. The smallest absolute Gasteiger partial charge is 0.437 e. The van der Waals surface area contributed by atoms with Crippen LogP contribution in [0.15, 0.2) is 0 Å². The molecule has 1 fully saturated rings. The first-order chi connectivity index (χ1) is 12.6. The predicted molar refractivity (Wildman–Crippen MR) is 69.1 cm³/mol. The molecule has 0 unspecified atom stereocenters. The molecule has 29 heavy (non-hydrogen) atoms.